The standard InChI is InChI=1S/C18H19FN4O/c1-22-8-7-18(16(22)24)12-23(17-20-9-14(19)10-21-17)11-15(18)13-5-3-2-4-6-13/h2-6,9-10,15H,7-8,11-12H2,1H3/t15-,18+/m1/s1. The van der Waals surface area contributed by atoms with E-state index < -0.39 is 11.2 Å². The number of nitrogens with zero attached hydrogens (tertiary/aromatic N) is 4. The summed E-state index contributed by atoms with van der Waals surface area (Å²) >= 11 is 0. The maximum atomic E-state index is 13.1. The number of halogens is 1. The highest BCUT2D eigenvalue weighted by Gasteiger charge is 2.56. The van der Waals surface area contributed by atoms with Crippen LogP contribution in [-0.2, 0) is 4.79 Å². The van der Waals surface area contributed by atoms with Gasteiger partial charge in [0.25, 0.3) is 0 Å². The number of rotatable bonds is 2. The molecule has 1 amide bonds. The van der Waals surface area contributed by atoms with E-state index in [2.05, 4.69) is 22.1 Å². The molecule has 0 aliphatic carbocycles. The molecule has 2 atom stereocenters. The van der Waals surface area contributed by atoms with E-state index in [1.807, 2.05) is 35.0 Å². The van der Waals surface area contributed by atoms with Crippen LogP contribution in [0.25, 0.3) is 0 Å². The maximum absolute atomic E-state index is 13.1. The number of aromatic nitrogens is 2. The fourth-order valence-electron chi connectivity index (χ4n) is 4.07. The fourth-order valence-corrected chi connectivity index (χ4v) is 4.07. The Bertz CT molecular complexity index is 751. The zero-order valence-corrected chi connectivity index (χ0v) is 13.5. The molecule has 2 saturated heterocycles. The van der Waals surface area contributed by atoms with Gasteiger partial charge in [-0.25, -0.2) is 14.4 Å². The Labute approximate surface area is 140 Å². The minimum atomic E-state index is -0.455. The van der Waals surface area contributed by atoms with Gasteiger partial charge in [0.2, 0.25) is 11.9 Å². The minimum absolute atomic E-state index is 0.0878. The molecule has 5 nitrogen and oxygen atoms in total. The van der Waals surface area contributed by atoms with Crippen molar-refractivity contribution in [3.8, 4) is 0 Å². The largest absolute Gasteiger partial charge is 0.345 e. The average Bonchev–Trinajstić information content (AvgIpc) is 3.13. The molecule has 1 spiro atoms. The molecule has 2 aliphatic heterocycles. The quantitative estimate of drug-likeness (QED) is 0.848. The number of carbonyl (C=O) groups is 1. The van der Waals surface area contributed by atoms with Gasteiger partial charge in [0, 0.05) is 32.6 Å². The predicted molar refractivity (Wildman–Crippen MR) is 88.1 cm³/mol. The lowest BCUT2D eigenvalue weighted by Crippen LogP contribution is -2.38. The first-order chi connectivity index (χ1) is 11.6. The normalized spacial score (nSPS) is 26.6. The number of anilines is 1. The van der Waals surface area contributed by atoms with Crippen LogP contribution in [0.2, 0.25) is 0 Å². The molecule has 4 rings (SSSR count). The van der Waals surface area contributed by atoms with Crippen molar-refractivity contribution in [3.05, 3.63) is 54.1 Å². The van der Waals surface area contributed by atoms with E-state index in [9.17, 15) is 9.18 Å². The number of hydrogen-bond donors (Lipinski definition) is 0. The Morgan fingerprint density at radius 2 is 1.92 bits per heavy atom. The molecule has 1 aromatic heterocycles. The SMILES string of the molecule is CN1CC[C@@]2(CN(c3ncc(F)cn3)C[C@@H]2c2ccccc2)C1=O. The summed E-state index contributed by atoms with van der Waals surface area (Å²) in [6.45, 7) is 2.00. The van der Waals surface area contributed by atoms with Gasteiger partial charge in [-0.15, -0.1) is 0 Å². The van der Waals surface area contributed by atoms with E-state index in [1.54, 1.807) is 0 Å². The number of carbonyl (C=O) groups excluding carboxylic acids is 1. The van der Waals surface area contributed by atoms with Crippen molar-refractivity contribution in [1.29, 1.82) is 0 Å². The molecule has 2 fully saturated rings. The third-order valence-corrected chi connectivity index (χ3v) is 5.30. The van der Waals surface area contributed by atoms with Crippen LogP contribution in [0.15, 0.2) is 42.7 Å². The van der Waals surface area contributed by atoms with Crippen LogP contribution in [0.1, 0.15) is 17.9 Å². The fraction of sp³-hybridized carbons (Fsp3) is 0.389. The van der Waals surface area contributed by atoms with Gasteiger partial charge < -0.3 is 9.80 Å². The highest BCUT2D eigenvalue weighted by atomic mass is 19.1. The van der Waals surface area contributed by atoms with Crippen LogP contribution in [-0.4, -0.2) is 47.5 Å². The van der Waals surface area contributed by atoms with Crippen molar-refractivity contribution < 1.29 is 9.18 Å². The summed E-state index contributed by atoms with van der Waals surface area (Å²) in [6.07, 6.45) is 3.17. The first-order valence-corrected chi connectivity index (χ1v) is 8.13. The second-order valence-corrected chi connectivity index (χ2v) is 6.68. The predicted octanol–water partition coefficient (Wildman–Crippen LogP) is 2.07. The molecule has 0 unspecified atom stereocenters. The average molecular weight is 326 g/mol. The lowest BCUT2D eigenvalue weighted by atomic mass is 9.73. The second kappa shape index (κ2) is 5.54. The van der Waals surface area contributed by atoms with E-state index in [-0.39, 0.29) is 11.8 Å². The molecule has 0 bridgehead atoms. The Kier molecular flexibility index (Phi) is 3.48. The summed E-state index contributed by atoms with van der Waals surface area (Å²) in [6, 6.07) is 10.1. The van der Waals surface area contributed by atoms with Gasteiger partial charge in [-0.05, 0) is 12.0 Å². The van der Waals surface area contributed by atoms with Crippen LogP contribution in [0, 0.1) is 11.2 Å². The van der Waals surface area contributed by atoms with Crippen LogP contribution >= 0.6 is 0 Å². The summed E-state index contributed by atoms with van der Waals surface area (Å²) in [5, 5.41) is 0. The Morgan fingerprint density at radius 1 is 1.21 bits per heavy atom. The Balaban J connectivity index is 1.73. The first kappa shape index (κ1) is 15.1. The van der Waals surface area contributed by atoms with Gasteiger partial charge in [-0.2, -0.15) is 0 Å². The summed E-state index contributed by atoms with van der Waals surface area (Å²) in [7, 11) is 1.86. The smallest absolute Gasteiger partial charge is 0.231 e. The number of hydrogen-bond acceptors (Lipinski definition) is 4. The molecule has 0 N–H and O–H groups in total. The van der Waals surface area contributed by atoms with Crippen molar-refractivity contribution >= 4 is 11.9 Å². The van der Waals surface area contributed by atoms with Gasteiger partial charge in [0.15, 0.2) is 5.82 Å². The lowest BCUT2D eigenvalue weighted by Gasteiger charge is -2.28. The Morgan fingerprint density at radius 3 is 2.54 bits per heavy atom. The van der Waals surface area contributed by atoms with Gasteiger partial charge in [0.05, 0.1) is 17.8 Å². The molecule has 6 heteroatoms. The molecule has 24 heavy (non-hydrogen) atoms. The van der Waals surface area contributed by atoms with Gasteiger partial charge in [-0.1, -0.05) is 30.3 Å². The maximum Gasteiger partial charge on any atom is 0.231 e. The zero-order chi connectivity index (χ0) is 16.7. The molecule has 1 aromatic carbocycles. The van der Waals surface area contributed by atoms with E-state index in [0.717, 1.165) is 18.5 Å². The van der Waals surface area contributed by atoms with E-state index in [1.165, 1.54) is 12.4 Å². The molecular formula is C18H19FN4O. The third-order valence-electron chi connectivity index (χ3n) is 5.30. The van der Waals surface area contributed by atoms with Crippen molar-refractivity contribution in [2.45, 2.75) is 12.3 Å². The first-order valence-electron chi connectivity index (χ1n) is 8.13. The number of likely N-dealkylation sites (tertiary alicyclic amines) is 1. The van der Waals surface area contributed by atoms with Gasteiger partial charge >= 0.3 is 0 Å². The summed E-state index contributed by atoms with van der Waals surface area (Å²) < 4.78 is 13.1. The van der Waals surface area contributed by atoms with Gasteiger partial charge in [-0.3, -0.25) is 4.79 Å². The summed E-state index contributed by atoms with van der Waals surface area (Å²) in [5.41, 5.74) is 0.708. The molecule has 0 radical (unpaired) electrons. The highest BCUT2D eigenvalue weighted by Crippen LogP contribution is 2.50. The summed E-state index contributed by atoms with van der Waals surface area (Å²) in [4.78, 5) is 25.0. The van der Waals surface area contributed by atoms with Gasteiger partial charge in [0.1, 0.15) is 0 Å². The highest BCUT2D eigenvalue weighted by molar-refractivity contribution is 5.87. The third kappa shape index (κ3) is 2.25. The summed E-state index contributed by atoms with van der Waals surface area (Å²) in [5.74, 6) is 0.297. The molecule has 0 saturated carbocycles. The van der Waals surface area contributed by atoms with E-state index in [4.69, 9.17) is 0 Å². The minimum Gasteiger partial charge on any atom is -0.345 e. The van der Waals surface area contributed by atoms with E-state index in [0.29, 0.717) is 19.0 Å². The zero-order valence-electron chi connectivity index (χ0n) is 13.5. The molecule has 124 valence electrons. The monoisotopic (exact) mass is 326 g/mol. The Hall–Kier alpha value is -2.50. The van der Waals surface area contributed by atoms with Crippen molar-refractivity contribution in [2.24, 2.45) is 5.41 Å². The van der Waals surface area contributed by atoms with Crippen LogP contribution in [0.3, 0.4) is 0 Å². The van der Waals surface area contributed by atoms with E-state index >= 15 is 0 Å². The van der Waals surface area contributed by atoms with Crippen LogP contribution in [0.5, 0.6) is 0 Å². The number of amides is 1. The molecular weight excluding hydrogens is 307 g/mol. The van der Waals surface area contributed by atoms with Crippen molar-refractivity contribution in [1.82, 2.24) is 14.9 Å². The molecule has 3 heterocycles. The lowest BCUT2D eigenvalue weighted by molar-refractivity contribution is -0.134. The topological polar surface area (TPSA) is 49.3 Å². The molecule has 2 aromatic rings. The van der Waals surface area contributed by atoms with Crippen LogP contribution < -0.4 is 4.90 Å². The second-order valence-electron chi connectivity index (χ2n) is 6.68. The van der Waals surface area contributed by atoms with Crippen molar-refractivity contribution in [2.75, 3.05) is 31.6 Å². The number of benzene rings is 1. The van der Waals surface area contributed by atoms with Crippen LogP contribution in [0.4, 0.5) is 10.3 Å². The molecule has 2 aliphatic rings. The van der Waals surface area contributed by atoms with Crippen molar-refractivity contribution in [3.63, 3.8) is 0 Å².